The first-order valence-corrected chi connectivity index (χ1v) is 11.3. The normalized spacial score (nSPS) is 13.1. The summed E-state index contributed by atoms with van der Waals surface area (Å²) < 4.78 is 2.13. The third-order valence-corrected chi connectivity index (χ3v) is 6.02. The Morgan fingerprint density at radius 1 is 1.26 bits per heavy atom. The van der Waals surface area contributed by atoms with Gasteiger partial charge in [0.15, 0.2) is 11.0 Å². The summed E-state index contributed by atoms with van der Waals surface area (Å²) in [5.74, 6) is 0.982. The van der Waals surface area contributed by atoms with Gasteiger partial charge in [-0.25, -0.2) is 0 Å². The van der Waals surface area contributed by atoms with E-state index in [0.717, 1.165) is 46.2 Å². The molecular formula is C23H24N6OS. The van der Waals surface area contributed by atoms with Crippen molar-refractivity contribution in [3.05, 3.63) is 53.9 Å². The smallest absolute Gasteiger partial charge is 0.237 e. The molecule has 8 heteroatoms. The summed E-state index contributed by atoms with van der Waals surface area (Å²) in [4.78, 5) is 19.0. The maximum atomic E-state index is 13.1. The van der Waals surface area contributed by atoms with E-state index in [-0.39, 0.29) is 18.1 Å². The number of carbonyl (C=O) groups is 1. The van der Waals surface area contributed by atoms with E-state index in [9.17, 15) is 4.79 Å². The molecule has 0 aliphatic heterocycles. The molecule has 1 saturated carbocycles. The lowest BCUT2D eigenvalue weighted by atomic mass is 10.1. The van der Waals surface area contributed by atoms with Crippen LogP contribution in [0.15, 0.2) is 47.9 Å². The van der Waals surface area contributed by atoms with Gasteiger partial charge < -0.3 is 4.90 Å². The second-order valence-corrected chi connectivity index (χ2v) is 8.68. The minimum absolute atomic E-state index is 0.0430. The van der Waals surface area contributed by atoms with Crippen molar-refractivity contribution in [3.8, 4) is 17.5 Å². The first-order chi connectivity index (χ1) is 15.1. The number of amides is 1. The quantitative estimate of drug-likeness (QED) is 0.492. The van der Waals surface area contributed by atoms with Crippen molar-refractivity contribution in [3.63, 3.8) is 0 Å². The monoisotopic (exact) mass is 432 g/mol. The average Bonchev–Trinajstić information content (AvgIpc) is 3.51. The largest absolute Gasteiger partial charge is 0.311 e. The number of benzene rings is 1. The van der Waals surface area contributed by atoms with Crippen molar-refractivity contribution in [1.29, 1.82) is 5.26 Å². The van der Waals surface area contributed by atoms with Gasteiger partial charge in [-0.3, -0.25) is 14.3 Å². The van der Waals surface area contributed by atoms with Crippen LogP contribution >= 0.6 is 11.8 Å². The van der Waals surface area contributed by atoms with E-state index in [1.165, 1.54) is 11.8 Å². The van der Waals surface area contributed by atoms with E-state index in [0.29, 0.717) is 12.6 Å². The molecule has 0 atom stereocenters. The minimum Gasteiger partial charge on any atom is -0.311 e. The lowest BCUT2D eigenvalue weighted by molar-refractivity contribution is -0.116. The van der Waals surface area contributed by atoms with Crippen molar-refractivity contribution < 1.29 is 4.79 Å². The summed E-state index contributed by atoms with van der Waals surface area (Å²) in [7, 11) is 0. The molecule has 1 fully saturated rings. The van der Waals surface area contributed by atoms with Gasteiger partial charge in [0, 0.05) is 36.2 Å². The Labute approximate surface area is 186 Å². The highest BCUT2D eigenvalue weighted by molar-refractivity contribution is 7.99. The summed E-state index contributed by atoms with van der Waals surface area (Å²) in [5, 5.41) is 18.6. The number of thioether (sulfide) groups is 1. The molecule has 0 spiro atoms. The number of pyridine rings is 1. The Morgan fingerprint density at radius 2 is 2.03 bits per heavy atom. The first kappa shape index (κ1) is 21.1. The molecule has 2 aromatic heterocycles. The standard InChI is InChI=1S/C23H24N6OS/c1-16-11-17(2)13-20(12-16)28(10-4-8-24)21(30)15-31-23-27-26-22(29(23)19-6-7-19)18-5-3-9-25-14-18/h3,5,9,11-14,19H,4,6-7,10,15H2,1-2H3. The SMILES string of the molecule is Cc1cc(C)cc(N(CCC#N)C(=O)CSc2nnc(-c3cccnc3)n2C2CC2)c1. The molecule has 7 nitrogen and oxygen atoms in total. The van der Waals surface area contributed by atoms with Gasteiger partial charge in [0.25, 0.3) is 0 Å². The lowest BCUT2D eigenvalue weighted by Crippen LogP contribution is -2.33. The highest BCUT2D eigenvalue weighted by Crippen LogP contribution is 2.41. The number of anilines is 1. The summed E-state index contributed by atoms with van der Waals surface area (Å²) >= 11 is 1.40. The van der Waals surface area contributed by atoms with Crippen LogP contribution in [0.4, 0.5) is 5.69 Å². The Bertz CT molecular complexity index is 1100. The van der Waals surface area contributed by atoms with Gasteiger partial charge in [0.2, 0.25) is 5.91 Å². The summed E-state index contributed by atoms with van der Waals surface area (Å²) in [6.45, 7) is 4.39. The molecule has 31 heavy (non-hydrogen) atoms. The molecule has 3 aromatic rings. The molecule has 1 aliphatic rings. The van der Waals surface area contributed by atoms with Gasteiger partial charge in [0.1, 0.15) is 0 Å². The number of aromatic nitrogens is 4. The van der Waals surface area contributed by atoms with E-state index >= 15 is 0 Å². The zero-order chi connectivity index (χ0) is 21.8. The zero-order valence-electron chi connectivity index (χ0n) is 17.7. The van der Waals surface area contributed by atoms with Crippen LogP contribution in [-0.4, -0.2) is 38.0 Å². The molecule has 1 aliphatic carbocycles. The van der Waals surface area contributed by atoms with Crippen LogP contribution < -0.4 is 4.90 Å². The molecule has 0 bridgehead atoms. The number of hydrogen-bond acceptors (Lipinski definition) is 6. The van der Waals surface area contributed by atoms with Crippen molar-refractivity contribution in [2.24, 2.45) is 0 Å². The highest BCUT2D eigenvalue weighted by Gasteiger charge is 2.30. The molecule has 0 N–H and O–H groups in total. The van der Waals surface area contributed by atoms with Gasteiger partial charge in [-0.2, -0.15) is 5.26 Å². The predicted octanol–water partition coefficient (Wildman–Crippen LogP) is 4.33. The van der Waals surface area contributed by atoms with E-state index in [1.807, 2.05) is 38.1 Å². The second kappa shape index (κ2) is 9.31. The van der Waals surface area contributed by atoms with Crippen LogP contribution in [0.2, 0.25) is 0 Å². The van der Waals surface area contributed by atoms with Gasteiger partial charge in [-0.05, 0) is 62.1 Å². The van der Waals surface area contributed by atoms with Crippen LogP contribution in [0, 0.1) is 25.2 Å². The third kappa shape index (κ3) is 4.94. The Balaban J connectivity index is 1.54. The van der Waals surface area contributed by atoms with Crippen molar-refractivity contribution in [1.82, 2.24) is 19.7 Å². The second-order valence-electron chi connectivity index (χ2n) is 7.74. The fourth-order valence-corrected chi connectivity index (χ4v) is 4.48. The molecular weight excluding hydrogens is 408 g/mol. The Hall–Kier alpha value is -3.18. The number of aryl methyl sites for hydroxylation is 2. The number of rotatable bonds is 8. The maximum absolute atomic E-state index is 13.1. The molecule has 1 aromatic carbocycles. The van der Waals surface area contributed by atoms with E-state index in [1.54, 1.807) is 17.3 Å². The molecule has 4 rings (SSSR count). The molecule has 0 unspecified atom stereocenters. The minimum atomic E-state index is -0.0430. The van der Waals surface area contributed by atoms with Gasteiger partial charge in [0.05, 0.1) is 18.2 Å². The lowest BCUT2D eigenvalue weighted by Gasteiger charge is -2.22. The average molecular weight is 433 g/mol. The Morgan fingerprint density at radius 3 is 2.68 bits per heavy atom. The molecule has 0 saturated heterocycles. The van der Waals surface area contributed by atoms with Crippen LogP contribution in [0.1, 0.15) is 36.4 Å². The molecule has 0 radical (unpaired) electrons. The molecule has 2 heterocycles. The number of carbonyl (C=O) groups excluding carboxylic acids is 1. The van der Waals surface area contributed by atoms with Crippen molar-refractivity contribution >= 4 is 23.4 Å². The zero-order valence-corrected chi connectivity index (χ0v) is 18.5. The molecule has 158 valence electrons. The number of nitriles is 1. The van der Waals surface area contributed by atoms with Gasteiger partial charge in [-0.15, -0.1) is 10.2 Å². The van der Waals surface area contributed by atoms with E-state index < -0.39 is 0 Å². The fraction of sp³-hybridized carbons (Fsp3) is 0.348. The van der Waals surface area contributed by atoms with Crippen LogP contribution in [0.25, 0.3) is 11.4 Å². The maximum Gasteiger partial charge on any atom is 0.237 e. The topological polar surface area (TPSA) is 87.7 Å². The summed E-state index contributed by atoms with van der Waals surface area (Å²) in [6.07, 6.45) is 5.98. The first-order valence-electron chi connectivity index (χ1n) is 10.3. The number of hydrogen-bond donors (Lipinski definition) is 0. The Kier molecular flexibility index (Phi) is 6.33. The van der Waals surface area contributed by atoms with Crippen molar-refractivity contribution in [2.45, 2.75) is 44.3 Å². The van der Waals surface area contributed by atoms with Gasteiger partial charge in [-0.1, -0.05) is 17.8 Å². The third-order valence-electron chi connectivity index (χ3n) is 5.09. The summed E-state index contributed by atoms with van der Waals surface area (Å²) in [6, 6.07) is 12.4. The fourth-order valence-electron chi connectivity index (χ4n) is 3.60. The highest BCUT2D eigenvalue weighted by atomic mass is 32.2. The predicted molar refractivity (Wildman–Crippen MR) is 121 cm³/mol. The van der Waals surface area contributed by atoms with Crippen LogP contribution in [0.5, 0.6) is 0 Å². The number of nitrogens with zero attached hydrogens (tertiary/aromatic N) is 6. The van der Waals surface area contributed by atoms with Gasteiger partial charge >= 0.3 is 0 Å². The van der Waals surface area contributed by atoms with Crippen molar-refractivity contribution in [2.75, 3.05) is 17.2 Å². The molecule has 1 amide bonds. The van der Waals surface area contributed by atoms with Crippen LogP contribution in [-0.2, 0) is 4.79 Å². The van der Waals surface area contributed by atoms with Crippen LogP contribution in [0.3, 0.4) is 0 Å². The van der Waals surface area contributed by atoms with E-state index in [4.69, 9.17) is 5.26 Å². The summed E-state index contributed by atoms with van der Waals surface area (Å²) in [5.41, 5.74) is 3.93. The van der Waals surface area contributed by atoms with E-state index in [2.05, 4.69) is 31.9 Å².